The van der Waals surface area contributed by atoms with Crippen molar-refractivity contribution in [2.45, 2.75) is 27.7 Å². The number of aryl methyl sites for hydroxylation is 2. The molecule has 0 unspecified atom stereocenters. The first-order chi connectivity index (χ1) is 10.2. The Morgan fingerprint density at radius 2 is 1.86 bits per heavy atom. The predicted octanol–water partition coefficient (Wildman–Crippen LogP) is 1.82. The molecule has 0 aliphatic carbocycles. The molecule has 2 rings (SSSR count). The fraction of sp³-hybridized carbons (Fsp3) is 0.438. The number of anilines is 1. The van der Waals surface area contributed by atoms with Crippen molar-refractivity contribution in [2.24, 2.45) is 5.41 Å². The van der Waals surface area contributed by atoms with Gasteiger partial charge in [0.05, 0.1) is 5.41 Å². The third kappa shape index (κ3) is 3.10. The zero-order chi connectivity index (χ0) is 16.5. The largest absolute Gasteiger partial charge is 0.337 e. The van der Waals surface area contributed by atoms with Crippen LogP contribution in [0, 0.1) is 19.3 Å². The Morgan fingerprint density at radius 1 is 1.27 bits per heavy atom. The summed E-state index contributed by atoms with van der Waals surface area (Å²) in [5, 5.41) is 5.41. The molecule has 1 aliphatic heterocycles. The average molecular weight is 303 g/mol. The molecule has 0 spiro atoms. The fourth-order valence-corrected chi connectivity index (χ4v) is 2.40. The van der Waals surface area contributed by atoms with Crippen molar-refractivity contribution < 1.29 is 14.4 Å². The van der Waals surface area contributed by atoms with Crippen LogP contribution in [0.2, 0.25) is 0 Å². The first-order valence-corrected chi connectivity index (χ1v) is 7.18. The molecule has 1 aromatic carbocycles. The summed E-state index contributed by atoms with van der Waals surface area (Å²) in [6.07, 6.45) is 0. The lowest BCUT2D eigenvalue weighted by Gasteiger charge is -2.35. The van der Waals surface area contributed by atoms with Crippen LogP contribution < -0.4 is 10.6 Å². The summed E-state index contributed by atoms with van der Waals surface area (Å²) >= 11 is 0. The van der Waals surface area contributed by atoms with Gasteiger partial charge in [-0.1, -0.05) is 18.2 Å². The highest BCUT2D eigenvalue weighted by atomic mass is 16.2. The lowest BCUT2D eigenvalue weighted by Crippen LogP contribution is -2.60. The highest BCUT2D eigenvalue weighted by Crippen LogP contribution is 2.23. The van der Waals surface area contributed by atoms with Gasteiger partial charge in [0, 0.05) is 12.2 Å². The number of imide groups is 1. The zero-order valence-electron chi connectivity index (χ0n) is 13.3. The van der Waals surface area contributed by atoms with Crippen molar-refractivity contribution in [1.29, 1.82) is 0 Å². The Labute approximate surface area is 129 Å². The van der Waals surface area contributed by atoms with Crippen LogP contribution in [-0.2, 0) is 9.59 Å². The molecule has 1 aliphatic rings. The molecule has 0 radical (unpaired) electrons. The second kappa shape index (κ2) is 5.79. The van der Waals surface area contributed by atoms with Gasteiger partial charge in [-0.3, -0.25) is 14.5 Å². The van der Waals surface area contributed by atoms with Crippen LogP contribution in [0.3, 0.4) is 0 Å². The van der Waals surface area contributed by atoms with Crippen LogP contribution in [0.5, 0.6) is 0 Å². The molecule has 6 nitrogen and oxygen atoms in total. The fourth-order valence-electron chi connectivity index (χ4n) is 2.40. The number of carbonyl (C=O) groups excluding carboxylic acids is 3. The molecule has 1 heterocycles. The first-order valence-electron chi connectivity index (χ1n) is 7.18. The summed E-state index contributed by atoms with van der Waals surface area (Å²) in [5.74, 6) is -0.730. The quantitative estimate of drug-likeness (QED) is 0.894. The van der Waals surface area contributed by atoms with Crippen LogP contribution in [0.15, 0.2) is 18.2 Å². The van der Waals surface area contributed by atoms with Gasteiger partial charge in [-0.2, -0.15) is 0 Å². The number of urea groups is 1. The highest BCUT2D eigenvalue weighted by molar-refractivity contribution is 6.04. The van der Waals surface area contributed by atoms with Crippen LogP contribution in [0.1, 0.15) is 25.0 Å². The maximum absolute atomic E-state index is 12.3. The molecule has 2 N–H and O–H groups in total. The monoisotopic (exact) mass is 303 g/mol. The van der Waals surface area contributed by atoms with Gasteiger partial charge in [0.1, 0.15) is 6.54 Å². The topological polar surface area (TPSA) is 78.5 Å². The van der Waals surface area contributed by atoms with Gasteiger partial charge < -0.3 is 10.6 Å². The average Bonchev–Trinajstić information content (AvgIpc) is 2.44. The summed E-state index contributed by atoms with van der Waals surface area (Å²) in [7, 11) is 0. The molecule has 1 saturated heterocycles. The lowest BCUT2D eigenvalue weighted by atomic mass is 9.90. The number of benzene rings is 1. The second-order valence-corrected chi connectivity index (χ2v) is 6.25. The lowest BCUT2D eigenvalue weighted by molar-refractivity contribution is -0.140. The molecular formula is C16H21N3O3. The summed E-state index contributed by atoms with van der Waals surface area (Å²) in [5.41, 5.74) is 1.88. The van der Waals surface area contributed by atoms with E-state index in [1.165, 1.54) is 0 Å². The van der Waals surface area contributed by atoms with Gasteiger partial charge >= 0.3 is 6.03 Å². The van der Waals surface area contributed by atoms with E-state index in [9.17, 15) is 14.4 Å². The van der Waals surface area contributed by atoms with E-state index in [1.54, 1.807) is 13.8 Å². The number of hydrogen-bond donors (Lipinski definition) is 2. The minimum Gasteiger partial charge on any atom is -0.337 e. The molecular weight excluding hydrogens is 282 g/mol. The molecule has 0 aromatic heterocycles. The van der Waals surface area contributed by atoms with E-state index in [-0.39, 0.29) is 19.0 Å². The molecule has 4 amide bonds. The van der Waals surface area contributed by atoms with Gasteiger partial charge in [0.15, 0.2) is 0 Å². The molecule has 6 heteroatoms. The smallest absolute Gasteiger partial charge is 0.324 e. The number of para-hydroxylation sites is 1. The normalized spacial score (nSPS) is 17.2. The third-order valence-corrected chi connectivity index (χ3v) is 3.80. The van der Waals surface area contributed by atoms with Crippen molar-refractivity contribution in [2.75, 3.05) is 18.4 Å². The Hall–Kier alpha value is -2.37. The highest BCUT2D eigenvalue weighted by Gasteiger charge is 2.40. The number of amides is 4. The van der Waals surface area contributed by atoms with E-state index in [0.717, 1.165) is 21.7 Å². The SMILES string of the molecule is Cc1cccc(C)c1NC(=O)CN1C(=O)NCC(C)(C)C1=O. The van der Waals surface area contributed by atoms with E-state index in [4.69, 9.17) is 0 Å². The zero-order valence-corrected chi connectivity index (χ0v) is 13.3. The van der Waals surface area contributed by atoms with Gasteiger partial charge in [0.25, 0.3) is 0 Å². The maximum Gasteiger partial charge on any atom is 0.324 e. The van der Waals surface area contributed by atoms with E-state index in [0.29, 0.717) is 0 Å². The minimum absolute atomic E-state index is 0.277. The van der Waals surface area contributed by atoms with Crippen LogP contribution in [0.4, 0.5) is 10.5 Å². The number of nitrogens with one attached hydrogen (secondary N) is 2. The summed E-state index contributed by atoms with van der Waals surface area (Å²) < 4.78 is 0. The molecule has 118 valence electrons. The molecule has 1 fully saturated rings. The maximum atomic E-state index is 12.3. The molecule has 0 saturated carbocycles. The van der Waals surface area contributed by atoms with Gasteiger partial charge in [-0.05, 0) is 38.8 Å². The van der Waals surface area contributed by atoms with Gasteiger partial charge in [-0.25, -0.2) is 4.79 Å². The van der Waals surface area contributed by atoms with Crippen LogP contribution in [-0.4, -0.2) is 35.8 Å². The number of rotatable bonds is 3. The van der Waals surface area contributed by atoms with E-state index < -0.39 is 17.4 Å². The Bertz CT molecular complexity index is 617. The standard InChI is InChI=1S/C16H21N3O3/c1-10-6-5-7-11(2)13(10)18-12(20)8-19-14(21)16(3,4)9-17-15(19)22/h5-7H,8-9H2,1-4H3,(H,17,22)(H,18,20). The Balaban J connectivity index is 2.11. The summed E-state index contributed by atoms with van der Waals surface area (Å²) in [6.45, 7) is 7.26. The predicted molar refractivity (Wildman–Crippen MR) is 83.4 cm³/mol. The van der Waals surface area contributed by atoms with Gasteiger partial charge in [-0.15, -0.1) is 0 Å². The third-order valence-electron chi connectivity index (χ3n) is 3.80. The Morgan fingerprint density at radius 3 is 2.45 bits per heavy atom. The van der Waals surface area contributed by atoms with Crippen molar-refractivity contribution in [1.82, 2.24) is 10.2 Å². The summed E-state index contributed by atoms with van der Waals surface area (Å²) in [4.78, 5) is 37.3. The number of hydrogen-bond acceptors (Lipinski definition) is 3. The molecule has 1 aromatic rings. The van der Waals surface area contributed by atoms with E-state index in [2.05, 4.69) is 10.6 Å². The second-order valence-electron chi connectivity index (χ2n) is 6.25. The van der Waals surface area contributed by atoms with Crippen LogP contribution >= 0.6 is 0 Å². The molecule has 22 heavy (non-hydrogen) atoms. The number of nitrogens with zero attached hydrogens (tertiary/aromatic N) is 1. The van der Waals surface area contributed by atoms with Crippen molar-refractivity contribution in [3.63, 3.8) is 0 Å². The van der Waals surface area contributed by atoms with E-state index in [1.807, 2.05) is 32.0 Å². The summed E-state index contributed by atoms with van der Waals surface area (Å²) in [6, 6.07) is 5.17. The van der Waals surface area contributed by atoms with Crippen molar-refractivity contribution >= 4 is 23.5 Å². The first kappa shape index (κ1) is 16.0. The van der Waals surface area contributed by atoms with Crippen LogP contribution in [0.25, 0.3) is 0 Å². The number of carbonyl (C=O) groups is 3. The molecule has 0 atom stereocenters. The van der Waals surface area contributed by atoms with E-state index >= 15 is 0 Å². The minimum atomic E-state index is -0.702. The Kier molecular flexibility index (Phi) is 4.21. The van der Waals surface area contributed by atoms with Crippen molar-refractivity contribution in [3.05, 3.63) is 29.3 Å². The molecule has 0 bridgehead atoms. The van der Waals surface area contributed by atoms with Crippen molar-refractivity contribution in [3.8, 4) is 0 Å². The van der Waals surface area contributed by atoms with Gasteiger partial charge in [0.2, 0.25) is 11.8 Å².